The SMILES string of the molecule is C[C@@](Cc1ccc(NS(C)(=O)=O)cc1)(Nc1nc(-c2ccccc2)cs1)C(=O)O. The Kier molecular flexibility index (Phi) is 5.90. The van der Waals surface area contributed by atoms with Gasteiger partial charge in [0.1, 0.15) is 5.54 Å². The lowest BCUT2D eigenvalue weighted by Gasteiger charge is -2.26. The number of hydrogen-bond donors (Lipinski definition) is 3. The molecule has 0 aliphatic heterocycles. The van der Waals surface area contributed by atoms with Crippen LogP contribution in [0.25, 0.3) is 11.3 Å². The third-order valence-electron chi connectivity index (χ3n) is 4.24. The normalized spacial score (nSPS) is 13.4. The zero-order chi connectivity index (χ0) is 21.1. The fraction of sp³-hybridized carbons (Fsp3) is 0.200. The maximum atomic E-state index is 12.0. The molecule has 2 aromatic carbocycles. The van der Waals surface area contributed by atoms with E-state index in [1.54, 1.807) is 31.2 Å². The summed E-state index contributed by atoms with van der Waals surface area (Å²) in [6.45, 7) is 1.60. The van der Waals surface area contributed by atoms with E-state index in [0.717, 1.165) is 23.1 Å². The number of benzene rings is 2. The van der Waals surface area contributed by atoms with Gasteiger partial charge in [0.15, 0.2) is 5.13 Å². The van der Waals surface area contributed by atoms with Crippen LogP contribution in [0.4, 0.5) is 10.8 Å². The minimum absolute atomic E-state index is 0.196. The Balaban J connectivity index is 1.76. The molecule has 1 atom stereocenters. The molecule has 29 heavy (non-hydrogen) atoms. The highest BCUT2D eigenvalue weighted by Gasteiger charge is 2.34. The molecule has 1 heterocycles. The first-order valence-electron chi connectivity index (χ1n) is 8.74. The van der Waals surface area contributed by atoms with Gasteiger partial charge in [-0.3, -0.25) is 4.72 Å². The Hall–Kier alpha value is -2.91. The topological polar surface area (TPSA) is 108 Å². The first-order valence-corrected chi connectivity index (χ1v) is 11.5. The van der Waals surface area contributed by atoms with E-state index in [-0.39, 0.29) is 6.42 Å². The third kappa shape index (κ3) is 5.55. The second kappa shape index (κ2) is 8.22. The fourth-order valence-electron chi connectivity index (χ4n) is 2.79. The van der Waals surface area contributed by atoms with Crippen LogP contribution in [0.2, 0.25) is 0 Å². The lowest BCUT2D eigenvalue weighted by molar-refractivity contribution is -0.141. The molecule has 0 aliphatic carbocycles. The Bertz CT molecular complexity index is 1100. The van der Waals surface area contributed by atoms with Gasteiger partial charge in [-0.2, -0.15) is 0 Å². The van der Waals surface area contributed by atoms with E-state index in [1.807, 2.05) is 35.7 Å². The van der Waals surface area contributed by atoms with Gasteiger partial charge >= 0.3 is 5.97 Å². The number of aromatic nitrogens is 1. The molecule has 9 heteroatoms. The van der Waals surface area contributed by atoms with E-state index in [0.29, 0.717) is 10.8 Å². The zero-order valence-electron chi connectivity index (χ0n) is 15.9. The maximum absolute atomic E-state index is 12.0. The Morgan fingerprint density at radius 3 is 2.38 bits per heavy atom. The number of carboxylic acids is 1. The van der Waals surface area contributed by atoms with E-state index < -0.39 is 21.5 Å². The minimum Gasteiger partial charge on any atom is -0.480 e. The number of sulfonamides is 1. The van der Waals surface area contributed by atoms with Crippen LogP contribution < -0.4 is 10.0 Å². The Morgan fingerprint density at radius 1 is 1.14 bits per heavy atom. The van der Waals surface area contributed by atoms with Crippen molar-refractivity contribution < 1.29 is 18.3 Å². The number of carbonyl (C=O) groups is 1. The summed E-state index contributed by atoms with van der Waals surface area (Å²) in [7, 11) is -3.36. The van der Waals surface area contributed by atoms with Crippen molar-refractivity contribution in [3.63, 3.8) is 0 Å². The number of aliphatic carboxylic acids is 1. The van der Waals surface area contributed by atoms with Crippen LogP contribution in [0, 0.1) is 0 Å². The first kappa shape index (κ1) is 20.8. The molecule has 0 bridgehead atoms. The summed E-state index contributed by atoms with van der Waals surface area (Å²) in [5.41, 5.74) is 1.64. The molecule has 0 saturated heterocycles. The standard InChI is InChI=1S/C20H21N3O4S2/c1-20(18(24)25,12-14-8-10-16(11-9-14)23-29(2,26)27)22-19-21-17(13-28-19)15-6-4-3-5-7-15/h3-11,13,23H,12H2,1-2H3,(H,21,22)(H,24,25)/t20-/m0/s1. The second-order valence-corrected chi connectivity index (χ2v) is 9.52. The quantitative estimate of drug-likeness (QED) is 0.502. The largest absolute Gasteiger partial charge is 0.480 e. The van der Waals surface area contributed by atoms with Gasteiger partial charge in [0.2, 0.25) is 10.0 Å². The van der Waals surface area contributed by atoms with Crippen LogP contribution in [-0.2, 0) is 21.2 Å². The molecule has 7 nitrogen and oxygen atoms in total. The number of nitrogens with one attached hydrogen (secondary N) is 2. The van der Waals surface area contributed by atoms with Gasteiger partial charge < -0.3 is 10.4 Å². The molecule has 0 spiro atoms. The number of anilines is 2. The van der Waals surface area contributed by atoms with E-state index in [1.165, 1.54) is 11.3 Å². The summed E-state index contributed by atoms with van der Waals surface area (Å²) < 4.78 is 25.0. The molecule has 152 valence electrons. The van der Waals surface area contributed by atoms with Gasteiger partial charge in [0.25, 0.3) is 0 Å². The second-order valence-electron chi connectivity index (χ2n) is 6.91. The lowest BCUT2D eigenvalue weighted by atomic mass is 9.93. The van der Waals surface area contributed by atoms with Gasteiger partial charge in [-0.05, 0) is 24.6 Å². The van der Waals surface area contributed by atoms with E-state index in [2.05, 4.69) is 15.0 Å². The third-order valence-corrected chi connectivity index (χ3v) is 5.61. The zero-order valence-corrected chi connectivity index (χ0v) is 17.5. The first-order chi connectivity index (χ1) is 13.6. The summed E-state index contributed by atoms with van der Waals surface area (Å²) in [6, 6.07) is 16.3. The lowest BCUT2D eigenvalue weighted by Crippen LogP contribution is -2.45. The van der Waals surface area contributed by atoms with Crippen LogP contribution in [0.15, 0.2) is 60.0 Å². The maximum Gasteiger partial charge on any atom is 0.329 e. The average Bonchev–Trinajstić information content (AvgIpc) is 3.11. The summed E-state index contributed by atoms with van der Waals surface area (Å²) in [5.74, 6) is -1.01. The summed E-state index contributed by atoms with van der Waals surface area (Å²) in [5, 5.41) is 15.3. The van der Waals surface area contributed by atoms with Crippen LogP contribution in [0.1, 0.15) is 12.5 Å². The van der Waals surface area contributed by atoms with Crippen molar-refractivity contribution in [2.24, 2.45) is 0 Å². The van der Waals surface area contributed by atoms with Crippen molar-refractivity contribution in [3.8, 4) is 11.3 Å². The van der Waals surface area contributed by atoms with Crippen molar-refractivity contribution in [1.82, 2.24) is 4.98 Å². The van der Waals surface area contributed by atoms with Gasteiger partial charge in [-0.1, -0.05) is 42.5 Å². The predicted molar refractivity (Wildman–Crippen MR) is 116 cm³/mol. The molecular formula is C20H21N3O4S2. The van der Waals surface area contributed by atoms with Crippen molar-refractivity contribution >= 4 is 38.1 Å². The molecular weight excluding hydrogens is 410 g/mol. The van der Waals surface area contributed by atoms with E-state index in [4.69, 9.17) is 0 Å². The molecule has 0 amide bonds. The monoisotopic (exact) mass is 431 g/mol. The van der Waals surface area contributed by atoms with Crippen LogP contribution in [-0.4, -0.2) is 36.3 Å². The highest BCUT2D eigenvalue weighted by Crippen LogP contribution is 2.28. The predicted octanol–water partition coefficient (Wildman–Crippen LogP) is 3.68. The van der Waals surface area contributed by atoms with Gasteiger partial charge in [0, 0.05) is 23.1 Å². The van der Waals surface area contributed by atoms with Crippen LogP contribution >= 0.6 is 11.3 Å². The number of thiazole rings is 1. The molecule has 0 saturated carbocycles. The van der Waals surface area contributed by atoms with Crippen molar-refractivity contribution in [1.29, 1.82) is 0 Å². The number of rotatable bonds is 8. The number of nitrogens with zero attached hydrogens (tertiary/aromatic N) is 1. The van der Waals surface area contributed by atoms with E-state index >= 15 is 0 Å². The van der Waals surface area contributed by atoms with Crippen molar-refractivity contribution in [3.05, 3.63) is 65.5 Å². The molecule has 3 rings (SSSR count). The Morgan fingerprint density at radius 2 is 1.79 bits per heavy atom. The van der Waals surface area contributed by atoms with Crippen molar-refractivity contribution in [2.75, 3.05) is 16.3 Å². The molecule has 0 fully saturated rings. The molecule has 0 aliphatic rings. The van der Waals surface area contributed by atoms with Gasteiger partial charge in [-0.15, -0.1) is 11.3 Å². The summed E-state index contributed by atoms with van der Waals surface area (Å²) in [4.78, 5) is 16.5. The molecule has 3 aromatic rings. The fourth-order valence-corrected chi connectivity index (χ4v) is 4.21. The Labute approximate surface area is 173 Å². The number of carboxylic acid groups (broad SMARTS) is 1. The smallest absolute Gasteiger partial charge is 0.329 e. The molecule has 0 unspecified atom stereocenters. The highest BCUT2D eigenvalue weighted by molar-refractivity contribution is 7.92. The minimum atomic E-state index is -3.36. The van der Waals surface area contributed by atoms with E-state index in [9.17, 15) is 18.3 Å². The molecule has 1 aromatic heterocycles. The van der Waals surface area contributed by atoms with Crippen LogP contribution in [0.3, 0.4) is 0 Å². The summed E-state index contributed by atoms with van der Waals surface area (Å²) >= 11 is 1.35. The molecule has 0 radical (unpaired) electrons. The van der Waals surface area contributed by atoms with Gasteiger partial charge in [-0.25, -0.2) is 18.2 Å². The summed E-state index contributed by atoms with van der Waals surface area (Å²) in [6.07, 6.45) is 1.27. The average molecular weight is 432 g/mol. The van der Waals surface area contributed by atoms with Crippen molar-refractivity contribution in [2.45, 2.75) is 18.9 Å². The van der Waals surface area contributed by atoms with Gasteiger partial charge in [0.05, 0.1) is 11.9 Å². The molecule has 3 N–H and O–H groups in total. The highest BCUT2D eigenvalue weighted by atomic mass is 32.2. The number of hydrogen-bond acceptors (Lipinski definition) is 6. The van der Waals surface area contributed by atoms with Crippen LogP contribution in [0.5, 0.6) is 0 Å².